The number of hydroxylamine groups is 1. The van der Waals surface area contributed by atoms with Gasteiger partial charge in [-0.2, -0.15) is 10.7 Å². The number of nitrogens with zero attached hydrogens (tertiary/aromatic N) is 1. The molecule has 1 saturated heterocycles. The molecule has 8 nitrogen and oxygen atoms in total. The zero-order chi connectivity index (χ0) is 34.9. The first-order valence-electron chi connectivity index (χ1n) is 17.1. The van der Waals surface area contributed by atoms with Gasteiger partial charge in [0.05, 0.1) is 41.2 Å². The molecule has 2 fully saturated rings. The Hall–Kier alpha value is -0.439. The van der Waals surface area contributed by atoms with Crippen molar-refractivity contribution in [3.05, 3.63) is 35.9 Å². The van der Waals surface area contributed by atoms with E-state index >= 15 is 0 Å². The van der Waals surface area contributed by atoms with Gasteiger partial charge >= 0.3 is 17.1 Å². The van der Waals surface area contributed by atoms with E-state index in [9.17, 15) is 10.4 Å². The van der Waals surface area contributed by atoms with Crippen LogP contribution in [0.1, 0.15) is 88.1 Å². The van der Waals surface area contributed by atoms with Crippen LogP contribution in [0.25, 0.3) is 0 Å². The van der Waals surface area contributed by atoms with Crippen molar-refractivity contribution in [2.24, 2.45) is 5.92 Å². The highest BCUT2D eigenvalue weighted by molar-refractivity contribution is 9.09. The molecular formula is C34H61BrN2O6Si3. The highest BCUT2D eigenvalue weighted by Crippen LogP contribution is 2.53. The maximum absolute atomic E-state index is 12.0. The molecule has 1 saturated carbocycles. The van der Waals surface area contributed by atoms with Gasteiger partial charge in [0, 0.05) is 6.61 Å². The van der Waals surface area contributed by atoms with Gasteiger partial charge in [-0.15, -0.1) is 0 Å². The molecule has 2 aliphatic rings. The largest absolute Gasteiger partial charge is 0.417 e. The van der Waals surface area contributed by atoms with Crippen molar-refractivity contribution in [2.45, 2.75) is 158 Å². The summed E-state index contributed by atoms with van der Waals surface area (Å²) in [5, 5.41) is 22.9. The highest BCUT2D eigenvalue weighted by Gasteiger charge is 2.69. The smallest absolute Gasteiger partial charge is 0.335 e. The minimum absolute atomic E-state index is 0.0160. The molecule has 2 N–H and O–H groups in total. The van der Waals surface area contributed by atoms with Gasteiger partial charge in [-0.3, -0.25) is 4.84 Å². The number of halogens is 1. The molecule has 3 rings (SSSR count). The van der Waals surface area contributed by atoms with Gasteiger partial charge < -0.3 is 22.5 Å². The second kappa shape index (κ2) is 15.2. The minimum Gasteiger partial charge on any atom is -0.417 e. The second-order valence-electron chi connectivity index (χ2n) is 16.1. The number of nitriles is 1. The topological polar surface area (TPSA) is 102 Å². The van der Waals surface area contributed by atoms with Crippen LogP contribution in [0.15, 0.2) is 30.3 Å². The van der Waals surface area contributed by atoms with Crippen LogP contribution >= 0.6 is 15.9 Å². The van der Waals surface area contributed by atoms with Gasteiger partial charge in [-0.1, -0.05) is 122 Å². The Kier molecular flexibility index (Phi) is 13.2. The summed E-state index contributed by atoms with van der Waals surface area (Å²) < 4.78 is 29.0. The summed E-state index contributed by atoms with van der Waals surface area (Å²) in [6.07, 6.45) is -2.07. The maximum atomic E-state index is 12.0. The summed E-state index contributed by atoms with van der Waals surface area (Å²) >= 11 is 3.79. The molecule has 1 heterocycles. The van der Waals surface area contributed by atoms with Crippen molar-refractivity contribution in [1.82, 2.24) is 5.48 Å². The highest BCUT2D eigenvalue weighted by atomic mass is 79.9. The Morgan fingerprint density at radius 1 is 0.978 bits per heavy atom. The molecular weight excluding hydrogens is 697 g/mol. The van der Waals surface area contributed by atoms with Gasteiger partial charge in [0.15, 0.2) is 8.32 Å². The Labute approximate surface area is 291 Å². The van der Waals surface area contributed by atoms with Crippen LogP contribution < -0.4 is 5.48 Å². The fraction of sp³-hybridized carbons (Fsp3) is 0.794. The lowest BCUT2D eigenvalue weighted by atomic mass is 9.67. The molecule has 0 spiro atoms. The van der Waals surface area contributed by atoms with Crippen molar-refractivity contribution in [3.8, 4) is 6.07 Å². The van der Waals surface area contributed by atoms with Gasteiger partial charge in [-0.25, -0.2) is 0 Å². The van der Waals surface area contributed by atoms with E-state index in [-0.39, 0.29) is 27.2 Å². The number of rotatable bonds is 12. The first kappa shape index (κ1) is 40.0. The molecule has 0 radical (unpaired) electrons. The molecule has 12 heteroatoms. The Morgan fingerprint density at radius 3 is 1.98 bits per heavy atom. The lowest BCUT2D eigenvalue weighted by Crippen LogP contribution is -2.74. The van der Waals surface area contributed by atoms with Gasteiger partial charge in [0.2, 0.25) is 0 Å². The monoisotopic (exact) mass is 756 g/mol. The third kappa shape index (κ3) is 7.65. The number of aliphatic hydroxyl groups is 1. The van der Waals surface area contributed by atoms with E-state index in [2.05, 4.69) is 117 Å². The molecule has 46 heavy (non-hydrogen) atoms. The normalized spacial score (nSPS) is 30.0. The van der Waals surface area contributed by atoms with Crippen molar-refractivity contribution >= 4 is 41.4 Å². The maximum Gasteiger partial charge on any atom is 0.335 e. The van der Waals surface area contributed by atoms with Gasteiger partial charge in [0.25, 0.3) is 0 Å². The van der Waals surface area contributed by atoms with Gasteiger partial charge in [0.1, 0.15) is 6.10 Å². The van der Waals surface area contributed by atoms with Crippen molar-refractivity contribution in [1.29, 1.82) is 5.26 Å². The predicted molar refractivity (Wildman–Crippen MR) is 195 cm³/mol. The van der Waals surface area contributed by atoms with Crippen LogP contribution in [0.2, 0.25) is 40.3 Å². The Balaban J connectivity index is 2.26. The predicted octanol–water partition coefficient (Wildman–Crippen LogP) is 8.46. The third-order valence-corrected chi connectivity index (χ3v) is 26.6. The summed E-state index contributed by atoms with van der Waals surface area (Å²) in [6, 6.07) is 12.5. The number of nitrogens with one attached hydrogen (secondary N) is 1. The summed E-state index contributed by atoms with van der Waals surface area (Å²) in [5.41, 5.74) is 3.73. The molecule has 262 valence electrons. The number of hydrogen-bond donors (Lipinski definition) is 2. The fourth-order valence-corrected chi connectivity index (χ4v) is 20.1. The number of fused-ring (bicyclic) bond motifs is 1. The molecule has 6 atom stereocenters. The quantitative estimate of drug-likeness (QED) is 0.125. The molecule has 1 aromatic carbocycles. The zero-order valence-electron chi connectivity index (χ0n) is 30.5. The van der Waals surface area contributed by atoms with Crippen LogP contribution in [-0.4, -0.2) is 65.8 Å². The van der Waals surface area contributed by atoms with Crippen LogP contribution in [0.3, 0.4) is 0 Å². The molecule has 6 unspecified atom stereocenters. The summed E-state index contributed by atoms with van der Waals surface area (Å²) in [5.74, 6) is -0.732. The SMILES string of the molecule is CC(C)[Si]1(C(C)C)OC2C(O)C(Br)C(C#N)C(CCO[Si](C)(C)C(C)(C)C)(NOCc3ccccc3)C2O[Si](C(C)C)(C(C)C)O1. The van der Waals surface area contributed by atoms with Gasteiger partial charge in [-0.05, 0) is 52.3 Å². The Bertz CT molecular complexity index is 1160. The molecule has 1 aliphatic heterocycles. The average Bonchev–Trinajstić information content (AvgIpc) is 3.14. The minimum atomic E-state index is -3.08. The standard InChI is InChI=1S/C34H61BrN2O6Si3/c1-23(2)45(24(3)4)41-31-30(38)29(35)28(21-36)34(19-20-40-44(12,13)33(9,10)11,37-39-22-27-17-15-14-16-18-27)32(31)42-46(43-45,25(5)6)26(7)8/h14-18,23-26,28-32,37-38H,19-20,22H2,1-13H3. The van der Waals surface area contributed by atoms with E-state index in [0.29, 0.717) is 19.6 Å². The van der Waals surface area contributed by atoms with E-state index < -0.39 is 60.0 Å². The zero-order valence-corrected chi connectivity index (χ0v) is 35.1. The molecule has 0 aromatic heterocycles. The van der Waals surface area contributed by atoms with E-state index in [1.54, 1.807) is 0 Å². The molecule has 0 amide bonds. The summed E-state index contributed by atoms with van der Waals surface area (Å²) in [6.45, 7) is 29.3. The van der Waals surface area contributed by atoms with E-state index in [1.807, 2.05) is 30.3 Å². The number of aliphatic hydroxyl groups excluding tert-OH is 1. The average molecular weight is 758 g/mol. The second-order valence-corrected chi connectivity index (χ2v) is 30.8. The molecule has 0 bridgehead atoms. The molecule has 1 aromatic rings. The summed E-state index contributed by atoms with van der Waals surface area (Å²) in [4.78, 5) is 5.75. The Morgan fingerprint density at radius 2 is 1.50 bits per heavy atom. The number of benzene rings is 1. The van der Waals surface area contributed by atoms with E-state index in [0.717, 1.165) is 5.56 Å². The van der Waals surface area contributed by atoms with E-state index in [1.165, 1.54) is 0 Å². The third-order valence-electron chi connectivity index (χ3n) is 10.8. The molecule has 1 aliphatic carbocycles. The first-order valence-corrected chi connectivity index (χ1v) is 24.8. The van der Waals surface area contributed by atoms with Crippen LogP contribution in [0.4, 0.5) is 0 Å². The van der Waals surface area contributed by atoms with Crippen LogP contribution in [-0.2, 0) is 28.8 Å². The first-order chi connectivity index (χ1) is 21.2. The fourth-order valence-electron chi connectivity index (χ4n) is 6.85. The van der Waals surface area contributed by atoms with Crippen molar-refractivity contribution < 1.29 is 27.3 Å². The lowest BCUT2D eigenvalue weighted by Gasteiger charge is -2.55. The van der Waals surface area contributed by atoms with E-state index in [4.69, 9.17) is 22.2 Å². The summed E-state index contributed by atoms with van der Waals surface area (Å²) in [7, 11) is -8.22. The number of hydrogen-bond acceptors (Lipinski definition) is 8. The lowest BCUT2D eigenvalue weighted by molar-refractivity contribution is -0.170. The van der Waals surface area contributed by atoms with Crippen molar-refractivity contribution in [3.63, 3.8) is 0 Å². The van der Waals surface area contributed by atoms with Crippen LogP contribution in [0, 0.1) is 17.2 Å². The number of alkyl halides is 1. The van der Waals surface area contributed by atoms with Crippen molar-refractivity contribution in [2.75, 3.05) is 6.61 Å². The van der Waals surface area contributed by atoms with Crippen LogP contribution in [0.5, 0.6) is 0 Å².